The molecule has 2 N–H and O–H groups in total. The highest BCUT2D eigenvalue weighted by Gasteiger charge is 2.24. The molecule has 3 atom stereocenters. The molecule has 0 radical (unpaired) electrons. The van der Waals surface area contributed by atoms with Crippen molar-refractivity contribution >= 4 is 24.4 Å². The Morgan fingerprint density at radius 1 is 1.41 bits per heavy atom. The van der Waals surface area contributed by atoms with Crippen molar-refractivity contribution in [2.24, 2.45) is 5.92 Å². The summed E-state index contributed by atoms with van der Waals surface area (Å²) < 4.78 is 0. The van der Waals surface area contributed by atoms with E-state index in [-0.39, 0.29) is 17.9 Å². The molecule has 0 saturated heterocycles. The lowest BCUT2D eigenvalue weighted by atomic mass is 9.87. The smallest absolute Gasteiger partial charge is 0.243 e. The van der Waals surface area contributed by atoms with Crippen molar-refractivity contribution in [3.63, 3.8) is 0 Å². The predicted molar refractivity (Wildman–Crippen MR) is 71.0 cm³/mol. The fourth-order valence-electron chi connectivity index (χ4n) is 2.31. The van der Waals surface area contributed by atoms with Crippen molar-refractivity contribution in [1.82, 2.24) is 10.6 Å². The molecule has 0 heterocycles. The molecule has 0 aromatic rings. The summed E-state index contributed by atoms with van der Waals surface area (Å²) in [6, 6.07) is -0.268. The Morgan fingerprint density at radius 2 is 2.12 bits per heavy atom. The molecule has 0 aromatic carbocycles. The first-order valence-electron chi connectivity index (χ1n) is 6.21. The third-order valence-electron chi connectivity index (χ3n) is 3.16. The first kappa shape index (κ1) is 14.4. The zero-order valence-electron chi connectivity index (χ0n) is 10.5. The second-order valence-corrected chi connectivity index (χ2v) is 5.28. The van der Waals surface area contributed by atoms with Crippen molar-refractivity contribution in [3.8, 4) is 0 Å². The van der Waals surface area contributed by atoms with Crippen molar-refractivity contribution < 1.29 is 9.59 Å². The highest BCUT2D eigenvalue weighted by Crippen LogP contribution is 2.23. The van der Waals surface area contributed by atoms with Crippen LogP contribution in [0.2, 0.25) is 0 Å². The molecule has 17 heavy (non-hydrogen) atoms. The Balaban J connectivity index is 2.43. The Labute approximate surface area is 108 Å². The number of amides is 2. The molecule has 4 nitrogen and oxygen atoms in total. The fraction of sp³-hybridized carbons (Fsp3) is 0.833. The largest absolute Gasteiger partial charge is 0.352 e. The summed E-state index contributed by atoms with van der Waals surface area (Å²) in [6.07, 6.45) is 4.48. The van der Waals surface area contributed by atoms with Crippen LogP contribution in [-0.2, 0) is 9.59 Å². The Morgan fingerprint density at radius 3 is 2.65 bits per heavy atom. The maximum atomic E-state index is 11.9. The first-order valence-corrected chi connectivity index (χ1v) is 6.84. The van der Waals surface area contributed by atoms with Crippen LogP contribution in [0.3, 0.4) is 0 Å². The lowest BCUT2D eigenvalue weighted by Crippen LogP contribution is -2.50. The summed E-state index contributed by atoms with van der Waals surface area (Å²) >= 11 is 4.09. The molecule has 1 saturated carbocycles. The maximum Gasteiger partial charge on any atom is 0.243 e. The van der Waals surface area contributed by atoms with Gasteiger partial charge in [0.1, 0.15) is 6.04 Å². The van der Waals surface area contributed by atoms with Gasteiger partial charge in [-0.15, -0.1) is 0 Å². The van der Waals surface area contributed by atoms with E-state index in [0.29, 0.717) is 11.7 Å². The molecular weight excluding hydrogens is 236 g/mol. The van der Waals surface area contributed by atoms with Crippen LogP contribution in [0.5, 0.6) is 0 Å². The molecular formula is C12H22N2O2S. The Hall–Kier alpha value is -0.710. The number of carbonyl (C=O) groups is 2. The van der Waals surface area contributed by atoms with E-state index in [1.165, 1.54) is 13.3 Å². The highest BCUT2D eigenvalue weighted by molar-refractivity contribution is 7.80. The Kier molecular flexibility index (Phi) is 5.82. The van der Waals surface area contributed by atoms with Crippen molar-refractivity contribution in [2.75, 3.05) is 5.75 Å². The summed E-state index contributed by atoms with van der Waals surface area (Å²) in [5, 5.41) is 5.61. The van der Waals surface area contributed by atoms with Crippen LogP contribution < -0.4 is 10.6 Å². The summed E-state index contributed by atoms with van der Waals surface area (Å²) in [5.74, 6) is 0.683. The molecule has 5 heteroatoms. The van der Waals surface area contributed by atoms with E-state index in [0.717, 1.165) is 19.3 Å². The molecule has 0 spiro atoms. The van der Waals surface area contributed by atoms with Crippen molar-refractivity contribution in [2.45, 2.75) is 51.6 Å². The topological polar surface area (TPSA) is 58.2 Å². The summed E-state index contributed by atoms with van der Waals surface area (Å²) in [5.41, 5.74) is 0. The first-order chi connectivity index (χ1) is 8.02. The van der Waals surface area contributed by atoms with E-state index in [4.69, 9.17) is 0 Å². The summed E-state index contributed by atoms with van der Waals surface area (Å²) in [7, 11) is 0. The number of rotatable bonds is 4. The van der Waals surface area contributed by atoms with Gasteiger partial charge in [0, 0.05) is 18.7 Å². The molecule has 1 rings (SSSR count). The van der Waals surface area contributed by atoms with Gasteiger partial charge in [-0.2, -0.15) is 12.6 Å². The molecule has 2 amide bonds. The molecule has 1 aliphatic carbocycles. The average Bonchev–Trinajstić information content (AvgIpc) is 2.25. The lowest BCUT2D eigenvalue weighted by Gasteiger charge is -2.28. The molecule has 0 aliphatic heterocycles. The van der Waals surface area contributed by atoms with Crippen LogP contribution in [0.4, 0.5) is 0 Å². The number of hydrogen-bond acceptors (Lipinski definition) is 3. The molecule has 98 valence electrons. The van der Waals surface area contributed by atoms with E-state index in [1.54, 1.807) is 0 Å². The van der Waals surface area contributed by atoms with Crippen LogP contribution >= 0.6 is 12.6 Å². The SMILES string of the molecule is CC(=O)NC(CS)C(=O)NC1CCCC(C)C1. The maximum absolute atomic E-state index is 11.9. The van der Waals surface area contributed by atoms with E-state index in [9.17, 15) is 9.59 Å². The van der Waals surface area contributed by atoms with Gasteiger partial charge in [-0.1, -0.05) is 19.8 Å². The molecule has 0 aromatic heterocycles. The Bertz CT molecular complexity index is 284. The zero-order chi connectivity index (χ0) is 12.8. The molecule has 0 bridgehead atoms. The third-order valence-corrected chi connectivity index (χ3v) is 3.52. The molecule has 3 unspecified atom stereocenters. The number of thiol groups is 1. The average molecular weight is 258 g/mol. The lowest BCUT2D eigenvalue weighted by molar-refractivity contribution is -0.128. The van der Waals surface area contributed by atoms with E-state index in [2.05, 4.69) is 30.2 Å². The van der Waals surface area contributed by atoms with E-state index in [1.807, 2.05) is 0 Å². The van der Waals surface area contributed by atoms with Gasteiger partial charge in [-0.05, 0) is 18.8 Å². The van der Waals surface area contributed by atoms with Gasteiger partial charge in [0.05, 0.1) is 0 Å². The van der Waals surface area contributed by atoms with Crippen LogP contribution in [-0.4, -0.2) is 29.7 Å². The third kappa shape index (κ3) is 4.98. The van der Waals surface area contributed by atoms with Gasteiger partial charge in [0.15, 0.2) is 0 Å². The summed E-state index contributed by atoms with van der Waals surface area (Å²) in [4.78, 5) is 22.8. The number of carbonyl (C=O) groups excluding carboxylic acids is 2. The molecule has 1 fully saturated rings. The van der Waals surface area contributed by atoms with Gasteiger partial charge < -0.3 is 10.6 Å². The summed E-state index contributed by atoms with van der Waals surface area (Å²) in [6.45, 7) is 3.62. The van der Waals surface area contributed by atoms with Crippen molar-refractivity contribution in [1.29, 1.82) is 0 Å². The normalized spacial score (nSPS) is 26.1. The minimum absolute atomic E-state index is 0.116. The number of nitrogens with one attached hydrogen (secondary N) is 2. The van der Waals surface area contributed by atoms with Crippen LogP contribution in [0, 0.1) is 5.92 Å². The number of hydrogen-bond donors (Lipinski definition) is 3. The second-order valence-electron chi connectivity index (χ2n) is 4.91. The molecule has 1 aliphatic rings. The van der Waals surface area contributed by atoms with Gasteiger partial charge in [0.2, 0.25) is 11.8 Å². The minimum Gasteiger partial charge on any atom is -0.352 e. The van der Waals surface area contributed by atoms with Gasteiger partial charge >= 0.3 is 0 Å². The standard InChI is InChI=1S/C12H22N2O2S/c1-8-4-3-5-10(6-8)14-12(16)11(7-17)13-9(2)15/h8,10-11,17H,3-7H2,1-2H3,(H,13,15)(H,14,16). The van der Waals surface area contributed by atoms with Crippen molar-refractivity contribution in [3.05, 3.63) is 0 Å². The van der Waals surface area contributed by atoms with Gasteiger partial charge in [0.25, 0.3) is 0 Å². The van der Waals surface area contributed by atoms with Gasteiger partial charge in [-0.3, -0.25) is 9.59 Å². The second kappa shape index (κ2) is 6.89. The van der Waals surface area contributed by atoms with E-state index >= 15 is 0 Å². The highest BCUT2D eigenvalue weighted by atomic mass is 32.1. The predicted octanol–water partition coefficient (Wildman–Crippen LogP) is 1.12. The zero-order valence-corrected chi connectivity index (χ0v) is 11.4. The van der Waals surface area contributed by atoms with E-state index < -0.39 is 6.04 Å². The fourth-order valence-corrected chi connectivity index (χ4v) is 2.56. The van der Waals surface area contributed by atoms with Crippen LogP contribution in [0.25, 0.3) is 0 Å². The van der Waals surface area contributed by atoms with Crippen LogP contribution in [0.1, 0.15) is 39.5 Å². The van der Waals surface area contributed by atoms with Gasteiger partial charge in [-0.25, -0.2) is 0 Å². The monoisotopic (exact) mass is 258 g/mol. The minimum atomic E-state index is -0.520. The van der Waals surface area contributed by atoms with Crippen LogP contribution in [0.15, 0.2) is 0 Å². The quantitative estimate of drug-likeness (QED) is 0.662.